The molecule has 0 aromatic rings. The highest BCUT2D eigenvalue weighted by atomic mass is 16.4. The fourth-order valence-electron chi connectivity index (χ4n) is 1.30. The Labute approximate surface area is 78.7 Å². The molecule has 2 atom stereocenters. The minimum atomic E-state index is -1.23. The Bertz CT molecular complexity index is 172. The molecule has 4 heteroatoms. The molecule has 0 fully saturated rings. The smallest absolute Gasteiger partial charge is 0.306 e. The van der Waals surface area contributed by atoms with E-state index >= 15 is 0 Å². The average Bonchev–Trinajstić information content (AvgIpc) is 2.02. The lowest BCUT2D eigenvalue weighted by Crippen LogP contribution is -2.41. The van der Waals surface area contributed by atoms with Gasteiger partial charge in [-0.1, -0.05) is 20.3 Å². The monoisotopic (exact) mass is 189 g/mol. The van der Waals surface area contributed by atoms with Crippen LogP contribution in [0.5, 0.6) is 0 Å². The van der Waals surface area contributed by atoms with Crippen LogP contribution in [0.15, 0.2) is 0 Å². The first-order valence-corrected chi connectivity index (χ1v) is 4.57. The highest BCUT2D eigenvalue weighted by molar-refractivity contribution is 5.68. The van der Waals surface area contributed by atoms with Gasteiger partial charge in [0, 0.05) is 6.54 Å². The molecule has 78 valence electrons. The van der Waals surface area contributed by atoms with Crippen molar-refractivity contribution in [1.82, 2.24) is 0 Å². The van der Waals surface area contributed by atoms with E-state index in [1.165, 1.54) is 0 Å². The van der Waals surface area contributed by atoms with Gasteiger partial charge in [0.2, 0.25) is 0 Å². The SMILES string of the molecule is CCC(C)CC(O)(CN)CC(=O)O. The summed E-state index contributed by atoms with van der Waals surface area (Å²) in [5.74, 6) is -0.704. The van der Waals surface area contributed by atoms with E-state index in [1.807, 2.05) is 13.8 Å². The lowest BCUT2D eigenvalue weighted by atomic mass is 9.87. The Balaban J connectivity index is 4.18. The second-order valence-corrected chi connectivity index (χ2v) is 3.72. The van der Waals surface area contributed by atoms with E-state index in [1.54, 1.807) is 0 Å². The molecule has 4 N–H and O–H groups in total. The standard InChI is InChI=1S/C9H19NO3/c1-3-7(2)4-9(13,6-10)5-8(11)12/h7,13H,3-6,10H2,1-2H3,(H,11,12). The lowest BCUT2D eigenvalue weighted by molar-refractivity contribution is -0.142. The highest BCUT2D eigenvalue weighted by Crippen LogP contribution is 2.21. The van der Waals surface area contributed by atoms with Crippen LogP contribution in [0.2, 0.25) is 0 Å². The first kappa shape index (κ1) is 12.4. The number of carboxylic acids is 1. The average molecular weight is 189 g/mol. The van der Waals surface area contributed by atoms with Gasteiger partial charge in [0.25, 0.3) is 0 Å². The minimum Gasteiger partial charge on any atom is -0.481 e. The number of nitrogens with two attached hydrogens (primary N) is 1. The van der Waals surface area contributed by atoms with Crippen molar-refractivity contribution in [3.8, 4) is 0 Å². The molecule has 0 aromatic carbocycles. The van der Waals surface area contributed by atoms with Crippen LogP contribution in [-0.4, -0.2) is 28.3 Å². The highest BCUT2D eigenvalue weighted by Gasteiger charge is 2.29. The maximum absolute atomic E-state index is 10.4. The van der Waals surface area contributed by atoms with Crippen LogP contribution in [0.1, 0.15) is 33.1 Å². The number of carbonyl (C=O) groups is 1. The fourth-order valence-corrected chi connectivity index (χ4v) is 1.30. The molecule has 0 aliphatic heterocycles. The maximum atomic E-state index is 10.4. The lowest BCUT2D eigenvalue weighted by Gasteiger charge is -2.27. The van der Waals surface area contributed by atoms with Gasteiger partial charge in [0.1, 0.15) is 0 Å². The molecule has 13 heavy (non-hydrogen) atoms. The van der Waals surface area contributed by atoms with Crippen LogP contribution < -0.4 is 5.73 Å². The van der Waals surface area contributed by atoms with E-state index < -0.39 is 11.6 Å². The third-order valence-electron chi connectivity index (χ3n) is 2.29. The van der Waals surface area contributed by atoms with Gasteiger partial charge in [-0.2, -0.15) is 0 Å². The minimum absolute atomic E-state index is 0.00361. The summed E-state index contributed by atoms with van der Waals surface area (Å²) in [7, 11) is 0. The summed E-state index contributed by atoms with van der Waals surface area (Å²) < 4.78 is 0. The van der Waals surface area contributed by atoms with Crippen LogP contribution >= 0.6 is 0 Å². The molecular weight excluding hydrogens is 170 g/mol. The molecule has 0 aliphatic carbocycles. The quantitative estimate of drug-likeness (QED) is 0.571. The van der Waals surface area contributed by atoms with E-state index in [9.17, 15) is 9.90 Å². The summed E-state index contributed by atoms with van der Waals surface area (Å²) in [6, 6.07) is 0. The van der Waals surface area contributed by atoms with Gasteiger partial charge in [0.15, 0.2) is 0 Å². The molecule has 0 rings (SSSR count). The molecule has 0 radical (unpaired) electrons. The number of hydrogen-bond acceptors (Lipinski definition) is 3. The number of hydrogen-bond donors (Lipinski definition) is 3. The molecule has 0 aliphatic rings. The second kappa shape index (κ2) is 5.19. The summed E-state index contributed by atoms with van der Waals surface area (Å²) >= 11 is 0. The fraction of sp³-hybridized carbons (Fsp3) is 0.889. The predicted molar refractivity (Wildman–Crippen MR) is 50.3 cm³/mol. The summed E-state index contributed by atoms with van der Waals surface area (Å²) in [5.41, 5.74) is 4.11. The Kier molecular flexibility index (Phi) is 4.95. The van der Waals surface area contributed by atoms with Crippen LogP contribution in [0.25, 0.3) is 0 Å². The van der Waals surface area contributed by atoms with Gasteiger partial charge < -0.3 is 15.9 Å². The molecule has 4 nitrogen and oxygen atoms in total. The van der Waals surface area contributed by atoms with Crippen molar-refractivity contribution < 1.29 is 15.0 Å². The van der Waals surface area contributed by atoms with Gasteiger partial charge in [-0.15, -0.1) is 0 Å². The van der Waals surface area contributed by atoms with Gasteiger partial charge >= 0.3 is 5.97 Å². The molecule has 0 aromatic heterocycles. The van der Waals surface area contributed by atoms with Crippen molar-refractivity contribution in [2.75, 3.05) is 6.54 Å². The van der Waals surface area contributed by atoms with Crippen LogP contribution in [0.4, 0.5) is 0 Å². The molecule has 0 heterocycles. The van der Waals surface area contributed by atoms with Crippen molar-refractivity contribution >= 4 is 5.97 Å². The van der Waals surface area contributed by atoms with Crippen molar-refractivity contribution in [3.63, 3.8) is 0 Å². The topological polar surface area (TPSA) is 83.5 Å². The van der Waals surface area contributed by atoms with Gasteiger partial charge in [-0.05, 0) is 12.3 Å². The zero-order chi connectivity index (χ0) is 10.5. The Morgan fingerprint density at radius 1 is 1.62 bits per heavy atom. The van der Waals surface area contributed by atoms with E-state index in [2.05, 4.69) is 0 Å². The second-order valence-electron chi connectivity index (χ2n) is 3.72. The first-order chi connectivity index (χ1) is 5.93. The molecule has 2 unspecified atom stereocenters. The molecule has 0 saturated carbocycles. The maximum Gasteiger partial charge on any atom is 0.306 e. The molecular formula is C9H19NO3. The first-order valence-electron chi connectivity index (χ1n) is 4.57. The Morgan fingerprint density at radius 2 is 2.15 bits per heavy atom. The van der Waals surface area contributed by atoms with E-state index in [4.69, 9.17) is 10.8 Å². The molecule has 0 amide bonds. The van der Waals surface area contributed by atoms with Gasteiger partial charge in [0.05, 0.1) is 12.0 Å². The molecule has 0 saturated heterocycles. The van der Waals surface area contributed by atoms with E-state index in [0.717, 1.165) is 6.42 Å². The number of carboxylic acid groups (broad SMARTS) is 1. The number of aliphatic hydroxyl groups is 1. The largest absolute Gasteiger partial charge is 0.481 e. The zero-order valence-electron chi connectivity index (χ0n) is 8.29. The zero-order valence-corrected chi connectivity index (χ0v) is 8.29. The Morgan fingerprint density at radius 3 is 2.46 bits per heavy atom. The van der Waals surface area contributed by atoms with Crippen molar-refractivity contribution in [2.24, 2.45) is 11.7 Å². The predicted octanol–water partition coefficient (Wildman–Crippen LogP) is 0.587. The van der Waals surface area contributed by atoms with Crippen LogP contribution in [0, 0.1) is 5.92 Å². The van der Waals surface area contributed by atoms with E-state index in [-0.39, 0.29) is 13.0 Å². The third kappa shape index (κ3) is 4.85. The molecule has 0 spiro atoms. The third-order valence-corrected chi connectivity index (χ3v) is 2.29. The van der Waals surface area contributed by atoms with E-state index in [0.29, 0.717) is 12.3 Å². The summed E-state index contributed by atoms with van der Waals surface area (Å²) in [6.45, 7) is 3.98. The summed E-state index contributed by atoms with van der Waals surface area (Å²) in [6.07, 6.45) is 1.10. The van der Waals surface area contributed by atoms with Crippen LogP contribution in [0.3, 0.4) is 0 Å². The normalized spacial score (nSPS) is 17.8. The number of aliphatic carboxylic acids is 1. The summed E-state index contributed by atoms with van der Waals surface area (Å²) in [4.78, 5) is 10.4. The van der Waals surface area contributed by atoms with Crippen molar-refractivity contribution in [3.05, 3.63) is 0 Å². The van der Waals surface area contributed by atoms with Gasteiger partial charge in [-0.3, -0.25) is 4.79 Å². The summed E-state index contributed by atoms with van der Waals surface area (Å²) in [5, 5.41) is 18.3. The molecule has 0 bridgehead atoms. The van der Waals surface area contributed by atoms with Gasteiger partial charge in [-0.25, -0.2) is 0 Å². The number of rotatable bonds is 6. The van der Waals surface area contributed by atoms with Crippen molar-refractivity contribution in [2.45, 2.75) is 38.7 Å². The Hall–Kier alpha value is -0.610. The van der Waals surface area contributed by atoms with Crippen LogP contribution in [-0.2, 0) is 4.79 Å². The van der Waals surface area contributed by atoms with Crippen molar-refractivity contribution in [1.29, 1.82) is 0 Å².